The molecule has 0 aliphatic carbocycles. The zero-order valence-corrected chi connectivity index (χ0v) is 15.1. The van der Waals surface area contributed by atoms with Crippen molar-refractivity contribution in [3.8, 4) is 17.0 Å². The van der Waals surface area contributed by atoms with Crippen LogP contribution in [0.4, 0.5) is 0 Å². The lowest BCUT2D eigenvalue weighted by Crippen LogP contribution is -2.10. The van der Waals surface area contributed by atoms with E-state index in [2.05, 4.69) is 20.9 Å². The van der Waals surface area contributed by atoms with Gasteiger partial charge in [0.1, 0.15) is 5.69 Å². The van der Waals surface area contributed by atoms with Crippen molar-refractivity contribution in [2.75, 3.05) is 6.61 Å². The minimum Gasteiger partial charge on any atom is -0.504 e. The average Bonchev–Trinajstić information content (AvgIpc) is 2.55. The molecule has 24 heavy (non-hydrogen) atoms. The average molecular weight is 392 g/mol. The van der Waals surface area contributed by atoms with Crippen LogP contribution in [0, 0.1) is 6.92 Å². The molecule has 0 unspecified atom stereocenters. The molecule has 0 aliphatic rings. The maximum atomic E-state index is 12.3. The highest BCUT2D eigenvalue weighted by atomic mass is 79.9. The lowest BCUT2D eigenvalue weighted by Gasteiger charge is -2.09. The van der Waals surface area contributed by atoms with Gasteiger partial charge >= 0.3 is 5.97 Å². The summed E-state index contributed by atoms with van der Waals surface area (Å²) in [5.74, 6) is -1.07. The first kappa shape index (κ1) is 18.1. The molecule has 126 valence electrons. The number of rotatable bonds is 6. The Kier molecular flexibility index (Phi) is 6.09. The molecule has 0 fully saturated rings. The Bertz CT molecular complexity index is 774. The fraction of sp³-hybridized carbons (Fsp3) is 0.278. The first-order valence-electron chi connectivity index (χ1n) is 7.57. The van der Waals surface area contributed by atoms with Crippen molar-refractivity contribution < 1.29 is 19.4 Å². The van der Waals surface area contributed by atoms with E-state index in [4.69, 9.17) is 4.74 Å². The molecule has 0 aliphatic heterocycles. The Morgan fingerprint density at radius 2 is 2.00 bits per heavy atom. The second-order valence-corrected chi connectivity index (χ2v) is 6.14. The minimum absolute atomic E-state index is 0.0416. The number of carbonyl (C=O) groups excluding carboxylic acids is 2. The Morgan fingerprint density at radius 3 is 2.67 bits per heavy atom. The molecule has 0 amide bonds. The first-order chi connectivity index (χ1) is 11.4. The number of Topliss-reactive ketones (excluding diaryl/α,β-unsaturated/α-hetero) is 1. The molecule has 0 radical (unpaired) electrons. The third-order valence-corrected chi connectivity index (χ3v) is 3.99. The van der Waals surface area contributed by atoms with Gasteiger partial charge in [0, 0.05) is 12.0 Å². The number of ether oxygens (including phenoxy) is 1. The summed E-state index contributed by atoms with van der Waals surface area (Å²) in [5.41, 5.74) is 2.43. The summed E-state index contributed by atoms with van der Waals surface area (Å²) >= 11 is 3.25. The van der Waals surface area contributed by atoms with Crippen LogP contribution in [0.3, 0.4) is 0 Å². The second kappa shape index (κ2) is 8.06. The van der Waals surface area contributed by atoms with E-state index in [0.717, 1.165) is 11.1 Å². The number of ketones is 1. The molecular formula is C18H18BrNO4. The van der Waals surface area contributed by atoms with Crippen LogP contribution >= 0.6 is 15.9 Å². The largest absolute Gasteiger partial charge is 0.504 e. The van der Waals surface area contributed by atoms with Gasteiger partial charge in [-0.3, -0.25) is 9.59 Å². The molecule has 1 heterocycles. The molecule has 6 heteroatoms. The third-order valence-electron chi connectivity index (χ3n) is 3.39. The standard InChI is InChI=1S/C18H18BrNO4/c1-3-24-16(22)8-7-15(21)17-18(23)13(19)10-14(20-17)12-6-4-5-11(2)9-12/h4-6,9-10,23H,3,7-8H2,1-2H3. The van der Waals surface area contributed by atoms with Crippen LogP contribution in [0.2, 0.25) is 0 Å². The first-order valence-corrected chi connectivity index (χ1v) is 8.37. The van der Waals surface area contributed by atoms with Gasteiger partial charge in [0.15, 0.2) is 11.5 Å². The second-order valence-electron chi connectivity index (χ2n) is 5.28. The fourth-order valence-electron chi connectivity index (χ4n) is 2.22. The smallest absolute Gasteiger partial charge is 0.306 e. The lowest BCUT2D eigenvalue weighted by molar-refractivity contribution is -0.143. The molecule has 1 aromatic heterocycles. The molecule has 0 atom stereocenters. The quantitative estimate of drug-likeness (QED) is 0.593. The van der Waals surface area contributed by atoms with Crippen molar-refractivity contribution in [1.29, 1.82) is 0 Å². The van der Waals surface area contributed by atoms with Gasteiger partial charge in [-0.15, -0.1) is 0 Å². The number of aryl methyl sites for hydroxylation is 1. The van der Waals surface area contributed by atoms with E-state index < -0.39 is 11.8 Å². The third kappa shape index (κ3) is 4.41. The molecular weight excluding hydrogens is 374 g/mol. The normalized spacial score (nSPS) is 10.5. The summed E-state index contributed by atoms with van der Waals surface area (Å²) in [6.07, 6.45) is -0.108. The van der Waals surface area contributed by atoms with E-state index in [-0.39, 0.29) is 30.9 Å². The van der Waals surface area contributed by atoms with E-state index in [1.165, 1.54) is 0 Å². The maximum absolute atomic E-state index is 12.3. The minimum atomic E-state index is -0.445. The summed E-state index contributed by atoms with van der Waals surface area (Å²) in [7, 11) is 0. The molecule has 0 bridgehead atoms. The van der Waals surface area contributed by atoms with Crippen molar-refractivity contribution in [2.45, 2.75) is 26.7 Å². The molecule has 2 rings (SSSR count). The van der Waals surface area contributed by atoms with E-state index in [1.54, 1.807) is 13.0 Å². The molecule has 2 aromatic rings. The van der Waals surface area contributed by atoms with E-state index in [9.17, 15) is 14.7 Å². The van der Waals surface area contributed by atoms with Crippen molar-refractivity contribution >= 4 is 27.7 Å². The molecule has 0 saturated carbocycles. The Balaban J connectivity index is 2.29. The SMILES string of the molecule is CCOC(=O)CCC(=O)c1nc(-c2cccc(C)c2)cc(Br)c1O. The van der Waals surface area contributed by atoms with Crippen molar-refractivity contribution in [1.82, 2.24) is 4.98 Å². The number of halogens is 1. The number of esters is 1. The number of aromatic hydroxyl groups is 1. The van der Waals surface area contributed by atoms with Gasteiger partial charge in [0.05, 0.1) is 23.2 Å². The van der Waals surface area contributed by atoms with Gasteiger partial charge in [-0.25, -0.2) is 4.98 Å². The van der Waals surface area contributed by atoms with Crippen LogP contribution in [0.5, 0.6) is 5.75 Å². The molecule has 5 nitrogen and oxygen atoms in total. The monoisotopic (exact) mass is 391 g/mol. The molecule has 0 saturated heterocycles. The maximum Gasteiger partial charge on any atom is 0.306 e. The zero-order chi connectivity index (χ0) is 17.7. The van der Waals surface area contributed by atoms with E-state index >= 15 is 0 Å². The van der Waals surface area contributed by atoms with Gasteiger partial charge in [-0.05, 0) is 41.9 Å². The van der Waals surface area contributed by atoms with Crippen molar-refractivity contribution in [3.63, 3.8) is 0 Å². The Morgan fingerprint density at radius 1 is 1.25 bits per heavy atom. The van der Waals surface area contributed by atoms with Crippen LogP contribution in [0.15, 0.2) is 34.8 Å². The van der Waals surface area contributed by atoms with Crippen LogP contribution in [-0.4, -0.2) is 28.4 Å². The van der Waals surface area contributed by atoms with Crippen LogP contribution < -0.4 is 0 Å². The number of benzene rings is 1. The summed E-state index contributed by atoms with van der Waals surface area (Å²) in [6.45, 7) is 3.94. The number of hydrogen-bond donors (Lipinski definition) is 1. The summed E-state index contributed by atoms with van der Waals surface area (Å²) < 4.78 is 5.19. The van der Waals surface area contributed by atoms with E-state index in [0.29, 0.717) is 10.2 Å². The lowest BCUT2D eigenvalue weighted by atomic mass is 10.1. The number of nitrogens with zero attached hydrogens (tertiary/aromatic N) is 1. The highest BCUT2D eigenvalue weighted by Crippen LogP contribution is 2.32. The van der Waals surface area contributed by atoms with Crippen molar-refractivity contribution in [2.24, 2.45) is 0 Å². The van der Waals surface area contributed by atoms with Crippen LogP contribution in [0.25, 0.3) is 11.3 Å². The van der Waals surface area contributed by atoms with Gasteiger partial charge in [-0.2, -0.15) is 0 Å². The molecule has 1 N–H and O–H groups in total. The molecule has 0 spiro atoms. The summed E-state index contributed by atoms with van der Waals surface area (Å²) in [4.78, 5) is 28.0. The zero-order valence-electron chi connectivity index (χ0n) is 13.5. The predicted molar refractivity (Wildman–Crippen MR) is 94.0 cm³/mol. The van der Waals surface area contributed by atoms with Crippen LogP contribution in [-0.2, 0) is 9.53 Å². The topological polar surface area (TPSA) is 76.5 Å². The fourth-order valence-corrected chi connectivity index (χ4v) is 2.63. The van der Waals surface area contributed by atoms with Gasteiger partial charge in [0.25, 0.3) is 0 Å². The van der Waals surface area contributed by atoms with Gasteiger partial charge < -0.3 is 9.84 Å². The molecule has 1 aromatic carbocycles. The number of carbonyl (C=O) groups is 2. The Hall–Kier alpha value is -2.21. The Labute approximate surface area is 148 Å². The summed E-state index contributed by atoms with van der Waals surface area (Å²) in [5, 5.41) is 10.1. The van der Waals surface area contributed by atoms with Gasteiger partial charge in [-0.1, -0.05) is 23.8 Å². The predicted octanol–water partition coefficient (Wildman–Crippen LogP) is 4.05. The highest BCUT2D eigenvalue weighted by molar-refractivity contribution is 9.10. The van der Waals surface area contributed by atoms with E-state index in [1.807, 2.05) is 31.2 Å². The number of pyridine rings is 1. The van der Waals surface area contributed by atoms with Crippen LogP contribution in [0.1, 0.15) is 35.8 Å². The van der Waals surface area contributed by atoms with Gasteiger partial charge in [0.2, 0.25) is 0 Å². The summed E-state index contributed by atoms with van der Waals surface area (Å²) in [6, 6.07) is 9.34. The highest BCUT2D eigenvalue weighted by Gasteiger charge is 2.19. The number of hydrogen-bond acceptors (Lipinski definition) is 5. The number of aromatic nitrogens is 1. The van der Waals surface area contributed by atoms with Crippen molar-refractivity contribution in [3.05, 3.63) is 46.1 Å².